The SMILES string of the molecule is C1=CC2Oc3ccccc3N(c3cccc(Oc4ccccn4)c3)C2C=C1n1ncc2ccccc21. The highest BCUT2D eigenvalue weighted by Crippen LogP contribution is 2.44. The minimum absolute atomic E-state index is 0.0760. The molecule has 0 N–H and O–H groups in total. The predicted octanol–water partition coefficient (Wildman–Crippen LogP) is 6.60. The highest BCUT2D eigenvalue weighted by atomic mass is 16.5. The van der Waals surface area contributed by atoms with Crippen molar-refractivity contribution in [2.45, 2.75) is 12.1 Å². The number of allylic oxidation sites excluding steroid dienone is 2. The van der Waals surface area contributed by atoms with Crippen LogP contribution in [0.25, 0.3) is 16.6 Å². The van der Waals surface area contributed by atoms with Gasteiger partial charge in [-0.2, -0.15) is 5.10 Å². The minimum atomic E-state index is -0.147. The molecule has 0 bridgehead atoms. The molecular formula is C30H22N4O2. The maximum absolute atomic E-state index is 6.42. The van der Waals surface area contributed by atoms with Gasteiger partial charge in [0.25, 0.3) is 0 Å². The number of aromatic nitrogens is 3. The monoisotopic (exact) mass is 470 g/mol. The maximum Gasteiger partial charge on any atom is 0.219 e. The number of ether oxygens (including phenoxy) is 2. The first-order valence-corrected chi connectivity index (χ1v) is 11.9. The average molecular weight is 471 g/mol. The summed E-state index contributed by atoms with van der Waals surface area (Å²) in [6.45, 7) is 0. The Morgan fingerprint density at radius 2 is 1.75 bits per heavy atom. The molecule has 6 heteroatoms. The Bertz CT molecular complexity index is 1620. The van der Waals surface area contributed by atoms with Crippen LogP contribution in [-0.4, -0.2) is 26.9 Å². The van der Waals surface area contributed by atoms with Crippen LogP contribution in [0.2, 0.25) is 0 Å². The number of rotatable bonds is 4. The smallest absolute Gasteiger partial charge is 0.219 e. The second-order valence-electron chi connectivity index (χ2n) is 8.74. The summed E-state index contributed by atoms with van der Waals surface area (Å²) < 4.78 is 14.5. The van der Waals surface area contributed by atoms with Crippen molar-refractivity contribution in [3.8, 4) is 17.4 Å². The van der Waals surface area contributed by atoms with Crippen molar-refractivity contribution in [1.29, 1.82) is 0 Å². The molecule has 0 spiro atoms. The van der Waals surface area contributed by atoms with Gasteiger partial charge in [0, 0.05) is 29.4 Å². The zero-order chi connectivity index (χ0) is 23.9. The van der Waals surface area contributed by atoms with E-state index in [4.69, 9.17) is 9.47 Å². The fourth-order valence-electron chi connectivity index (χ4n) is 4.88. The van der Waals surface area contributed by atoms with Gasteiger partial charge in [0.05, 0.1) is 29.1 Å². The zero-order valence-corrected chi connectivity index (χ0v) is 19.3. The number of fused-ring (bicyclic) bond motifs is 3. The molecule has 1 aliphatic heterocycles. The van der Waals surface area contributed by atoms with E-state index < -0.39 is 0 Å². The fourth-order valence-corrected chi connectivity index (χ4v) is 4.88. The molecule has 5 aromatic rings. The van der Waals surface area contributed by atoms with Gasteiger partial charge in [-0.25, -0.2) is 9.67 Å². The molecule has 3 aromatic carbocycles. The summed E-state index contributed by atoms with van der Waals surface area (Å²) in [4.78, 5) is 6.61. The Morgan fingerprint density at radius 1 is 0.861 bits per heavy atom. The molecule has 0 saturated heterocycles. The molecule has 36 heavy (non-hydrogen) atoms. The second kappa shape index (κ2) is 8.43. The molecule has 0 amide bonds. The fraction of sp³-hybridized carbons (Fsp3) is 0.0667. The van der Waals surface area contributed by atoms with Crippen LogP contribution in [0.4, 0.5) is 11.4 Å². The lowest BCUT2D eigenvalue weighted by molar-refractivity contribution is 0.218. The summed E-state index contributed by atoms with van der Waals surface area (Å²) in [7, 11) is 0. The standard InChI is InChI=1S/C30H22N4O2/c1-2-11-25-21(8-1)20-32-34(25)23-15-16-29-27(19-23)33(26-12-3-4-13-28(26)36-29)22-9-7-10-24(18-22)35-30-14-5-6-17-31-30/h1-20,27,29H. The van der Waals surface area contributed by atoms with Gasteiger partial charge in [-0.05, 0) is 54.6 Å². The lowest BCUT2D eigenvalue weighted by atomic mass is 9.97. The molecule has 3 heterocycles. The predicted molar refractivity (Wildman–Crippen MR) is 141 cm³/mol. The highest BCUT2D eigenvalue weighted by Gasteiger charge is 2.36. The summed E-state index contributed by atoms with van der Waals surface area (Å²) in [5.74, 6) is 2.13. The molecule has 2 atom stereocenters. The van der Waals surface area contributed by atoms with E-state index in [-0.39, 0.29) is 12.1 Å². The van der Waals surface area contributed by atoms with Gasteiger partial charge in [0.2, 0.25) is 5.88 Å². The average Bonchev–Trinajstić information content (AvgIpc) is 3.36. The van der Waals surface area contributed by atoms with Gasteiger partial charge in [-0.1, -0.05) is 42.5 Å². The number of benzene rings is 3. The summed E-state index contributed by atoms with van der Waals surface area (Å²) in [5.41, 5.74) is 4.09. The third-order valence-electron chi connectivity index (χ3n) is 6.50. The Balaban J connectivity index is 1.32. The number of hydrogen-bond donors (Lipinski definition) is 0. The molecule has 2 aliphatic rings. The van der Waals surface area contributed by atoms with Gasteiger partial charge in [-0.3, -0.25) is 0 Å². The minimum Gasteiger partial charge on any atom is -0.482 e. The third kappa shape index (κ3) is 3.51. The first-order chi connectivity index (χ1) is 17.8. The molecule has 0 fully saturated rings. The highest BCUT2D eigenvalue weighted by molar-refractivity contribution is 5.84. The number of anilines is 2. The summed E-state index contributed by atoms with van der Waals surface area (Å²) in [5, 5.41) is 5.78. The largest absolute Gasteiger partial charge is 0.482 e. The van der Waals surface area contributed by atoms with Crippen molar-refractivity contribution >= 4 is 28.0 Å². The summed E-state index contributed by atoms with van der Waals surface area (Å²) >= 11 is 0. The van der Waals surface area contributed by atoms with Crippen LogP contribution >= 0.6 is 0 Å². The van der Waals surface area contributed by atoms with E-state index in [1.165, 1.54) is 0 Å². The molecule has 2 aromatic heterocycles. The first-order valence-electron chi connectivity index (χ1n) is 11.9. The van der Waals surface area contributed by atoms with Crippen LogP contribution in [0.1, 0.15) is 0 Å². The normalized spacial score (nSPS) is 18.2. The first kappa shape index (κ1) is 20.5. The number of pyridine rings is 1. The zero-order valence-electron chi connectivity index (χ0n) is 19.3. The van der Waals surface area contributed by atoms with Crippen LogP contribution in [-0.2, 0) is 0 Å². The molecule has 0 radical (unpaired) electrons. The Morgan fingerprint density at radius 3 is 2.69 bits per heavy atom. The summed E-state index contributed by atoms with van der Waals surface area (Å²) in [6, 6.07) is 30.0. The van der Waals surface area contributed by atoms with E-state index in [2.05, 4.69) is 57.5 Å². The van der Waals surface area contributed by atoms with Gasteiger partial charge in [0.1, 0.15) is 17.6 Å². The van der Waals surface area contributed by atoms with Gasteiger partial charge >= 0.3 is 0 Å². The van der Waals surface area contributed by atoms with E-state index in [9.17, 15) is 0 Å². The van der Waals surface area contributed by atoms with Crippen LogP contribution < -0.4 is 14.4 Å². The van der Waals surface area contributed by atoms with E-state index in [0.717, 1.165) is 39.5 Å². The van der Waals surface area contributed by atoms with Crippen molar-refractivity contribution in [2.75, 3.05) is 4.90 Å². The number of nitrogens with zero attached hydrogens (tertiary/aromatic N) is 4. The van der Waals surface area contributed by atoms with Crippen molar-refractivity contribution < 1.29 is 9.47 Å². The van der Waals surface area contributed by atoms with E-state index >= 15 is 0 Å². The molecule has 1 aliphatic carbocycles. The molecule has 0 saturated carbocycles. The second-order valence-corrected chi connectivity index (χ2v) is 8.74. The lowest BCUT2D eigenvalue weighted by Gasteiger charge is -2.42. The van der Waals surface area contributed by atoms with Crippen molar-refractivity contribution in [1.82, 2.24) is 14.8 Å². The van der Waals surface area contributed by atoms with Gasteiger partial charge in [0.15, 0.2) is 0 Å². The van der Waals surface area contributed by atoms with E-state index in [1.807, 2.05) is 77.6 Å². The van der Waals surface area contributed by atoms with Crippen molar-refractivity contribution in [3.63, 3.8) is 0 Å². The summed E-state index contributed by atoms with van der Waals surface area (Å²) in [6.07, 6.45) is 9.92. The Kier molecular flexibility index (Phi) is 4.81. The Labute approximate surface area is 208 Å². The van der Waals surface area contributed by atoms with E-state index in [1.54, 1.807) is 6.20 Å². The van der Waals surface area contributed by atoms with Crippen molar-refractivity contribution in [2.24, 2.45) is 0 Å². The van der Waals surface area contributed by atoms with Gasteiger partial charge < -0.3 is 14.4 Å². The van der Waals surface area contributed by atoms with E-state index in [0.29, 0.717) is 5.88 Å². The van der Waals surface area contributed by atoms with Crippen LogP contribution in [0, 0.1) is 0 Å². The molecular weight excluding hydrogens is 448 g/mol. The van der Waals surface area contributed by atoms with Crippen LogP contribution in [0.5, 0.6) is 17.4 Å². The molecule has 6 nitrogen and oxygen atoms in total. The van der Waals surface area contributed by atoms with Crippen LogP contribution in [0.3, 0.4) is 0 Å². The molecule has 174 valence electrons. The van der Waals surface area contributed by atoms with Crippen molar-refractivity contribution in [3.05, 3.63) is 122 Å². The molecule has 7 rings (SSSR count). The third-order valence-corrected chi connectivity index (χ3v) is 6.50. The number of para-hydroxylation sites is 3. The number of hydrogen-bond acceptors (Lipinski definition) is 5. The Hall–Kier alpha value is -4.84. The van der Waals surface area contributed by atoms with Gasteiger partial charge in [-0.15, -0.1) is 0 Å². The quantitative estimate of drug-likeness (QED) is 0.296. The lowest BCUT2D eigenvalue weighted by Crippen LogP contribution is -2.46. The van der Waals surface area contributed by atoms with Crippen LogP contribution in [0.15, 0.2) is 122 Å². The topological polar surface area (TPSA) is 52.4 Å². The maximum atomic E-state index is 6.42. The molecule has 2 unspecified atom stereocenters.